The second-order valence-corrected chi connectivity index (χ2v) is 4.90. The molecule has 3 rings (SSSR count). The maximum atomic E-state index is 6.25. The van der Waals surface area contributed by atoms with E-state index in [-0.39, 0.29) is 6.04 Å². The van der Waals surface area contributed by atoms with E-state index in [1.807, 2.05) is 12.1 Å². The average Bonchev–Trinajstić information content (AvgIpc) is 2.65. The Kier molecular flexibility index (Phi) is 2.81. The van der Waals surface area contributed by atoms with Crippen LogP contribution in [0.3, 0.4) is 0 Å². The molecular formula is C13H18N4. The summed E-state index contributed by atoms with van der Waals surface area (Å²) in [6, 6.07) is 4.18. The minimum atomic E-state index is 0.234. The highest BCUT2D eigenvalue weighted by atomic mass is 15.0. The van der Waals surface area contributed by atoms with E-state index in [1.165, 1.54) is 19.3 Å². The molecule has 2 aromatic rings. The van der Waals surface area contributed by atoms with Gasteiger partial charge in [0.1, 0.15) is 5.82 Å². The molecule has 2 atom stereocenters. The molecule has 2 unspecified atom stereocenters. The quantitative estimate of drug-likeness (QED) is 0.739. The van der Waals surface area contributed by atoms with Gasteiger partial charge in [-0.05, 0) is 25.0 Å². The van der Waals surface area contributed by atoms with E-state index >= 15 is 0 Å². The third kappa shape index (κ3) is 2.05. The number of nitrogens with one attached hydrogen (secondary N) is 1. The highest BCUT2D eigenvalue weighted by Gasteiger charge is 2.24. The van der Waals surface area contributed by atoms with Crippen LogP contribution >= 0.6 is 0 Å². The fraction of sp³-hybridized carbons (Fsp3) is 0.538. The summed E-state index contributed by atoms with van der Waals surface area (Å²) in [4.78, 5) is 12.2. The van der Waals surface area contributed by atoms with Crippen LogP contribution in [0.15, 0.2) is 18.3 Å². The van der Waals surface area contributed by atoms with Crippen molar-refractivity contribution in [2.24, 2.45) is 5.73 Å². The second kappa shape index (κ2) is 4.45. The van der Waals surface area contributed by atoms with Crippen molar-refractivity contribution in [3.63, 3.8) is 0 Å². The molecule has 2 heterocycles. The van der Waals surface area contributed by atoms with Gasteiger partial charge in [0, 0.05) is 18.2 Å². The van der Waals surface area contributed by atoms with Gasteiger partial charge in [-0.25, -0.2) is 9.97 Å². The summed E-state index contributed by atoms with van der Waals surface area (Å²) in [5, 5.41) is 0. The third-order valence-corrected chi connectivity index (χ3v) is 3.70. The Balaban J connectivity index is 1.95. The molecule has 4 heteroatoms. The minimum absolute atomic E-state index is 0.234. The number of aromatic nitrogens is 3. The van der Waals surface area contributed by atoms with Gasteiger partial charge < -0.3 is 10.7 Å². The molecule has 1 saturated carbocycles. The Labute approximate surface area is 101 Å². The van der Waals surface area contributed by atoms with E-state index in [2.05, 4.69) is 15.0 Å². The summed E-state index contributed by atoms with van der Waals surface area (Å²) in [5.41, 5.74) is 8.07. The lowest BCUT2D eigenvalue weighted by Gasteiger charge is -2.18. The van der Waals surface area contributed by atoms with Crippen LogP contribution in [0.2, 0.25) is 0 Å². The first-order valence-corrected chi connectivity index (χ1v) is 6.41. The molecule has 2 aromatic heterocycles. The molecule has 90 valence electrons. The Hall–Kier alpha value is -1.42. The van der Waals surface area contributed by atoms with Crippen molar-refractivity contribution < 1.29 is 0 Å². The van der Waals surface area contributed by atoms with Crippen molar-refractivity contribution in [2.45, 2.75) is 44.1 Å². The third-order valence-electron chi connectivity index (χ3n) is 3.70. The zero-order valence-electron chi connectivity index (χ0n) is 9.89. The fourth-order valence-corrected chi connectivity index (χ4v) is 2.72. The van der Waals surface area contributed by atoms with Crippen molar-refractivity contribution in [3.8, 4) is 0 Å². The van der Waals surface area contributed by atoms with Crippen LogP contribution in [0.4, 0.5) is 0 Å². The van der Waals surface area contributed by atoms with Crippen molar-refractivity contribution >= 4 is 11.2 Å². The van der Waals surface area contributed by atoms with E-state index in [9.17, 15) is 0 Å². The van der Waals surface area contributed by atoms with E-state index in [0.29, 0.717) is 5.92 Å². The lowest BCUT2D eigenvalue weighted by Crippen LogP contribution is -2.28. The number of imidazole rings is 1. The van der Waals surface area contributed by atoms with E-state index in [4.69, 9.17) is 5.73 Å². The predicted octanol–water partition coefficient (Wildman–Crippen LogP) is 2.33. The predicted molar refractivity (Wildman–Crippen MR) is 67.7 cm³/mol. The summed E-state index contributed by atoms with van der Waals surface area (Å²) in [6.07, 6.45) is 7.82. The Morgan fingerprint density at radius 2 is 2.12 bits per heavy atom. The number of pyridine rings is 1. The zero-order valence-corrected chi connectivity index (χ0v) is 9.89. The van der Waals surface area contributed by atoms with Gasteiger partial charge in [-0.15, -0.1) is 0 Å². The smallest absolute Gasteiger partial charge is 0.177 e. The van der Waals surface area contributed by atoms with E-state index in [1.54, 1.807) is 6.20 Å². The molecule has 0 bridgehead atoms. The summed E-state index contributed by atoms with van der Waals surface area (Å²) in [6.45, 7) is 0. The molecule has 0 radical (unpaired) electrons. The van der Waals surface area contributed by atoms with Gasteiger partial charge in [0.25, 0.3) is 0 Å². The number of nitrogens with zero attached hydrogens (tertiary/aromatic N) is 2. The molecule has 0 aliphatic heterocycles. The molecule has 1 aliphatic carbocycles. The monoisotopic (exact) mass is 230 g/mol. The van der Waals surface area contributed by atoms with Crippen LogP contribution in [-0.4, -0.2) is 21.0 Å². The number of fused-ring (bicyclic) bond motifs is 1. The lowest BCUT2D eigenvalue weighted by molar-refractivity contribution is 0.488. The maximum absolute atomic E-state index is 6.25. The second-order valence-electron chi connectivity index (χ2n) is 4.90. The van der Waals surface area contributed by atoms with E-state index in [0.717, 1.165) is 29.8 Å². The molecule has 3 N–H and O–H groups in total. The van der Waals surface area contributed by atoms with Crippen LogP contribution in [-0.2, 0) is 0 Å². The standard InChI is InChI=1S/C13H18N4/c14-10-6-3-1-2-5-9(10)12-16-11-7-4-8-15-13(11)17-12/h4,7-10H,1-3,5-6,14H2,(H,15,16,17). The van der Waals surface area contributed by atoms with Crippen molar-refractivity contribution in [1.82, 2.24) is 15.0 Å². The molecule has 1 fully saturated rings. The largest absolute Gasteiger partial charge is 0.340 e. The van der Waals surface area contributed by atoms with E-state index < -0.39 is 0 Å². The highest BCUT2D eigenvalue weighted by molar-refractivity contribution is 5.70. The van der Waals surface area contributed by atoms with Gasteiger partial charge in [-0.3, -0.25) is 0 Å². The maximum Gasteiger partial charge on any atom is 0.177 e. The normalized spacial score (nSPS) is 25.9. The first-order valence-electron chi connectivity index (χ1n) is 6.41. The van der Waals surface area contributed by atoms with Crippen LogP contribution < -0.4 is 5.73 Å². The number of nitrogens with two attached hydrogens (primary N) is 1. The molecule has 0 amide bonds. The van der Waals surface area contributed by atoms with Gasteiger partial charge in [-0.2, -0.15) is 0 Å². The van der Waals surface area contributed by atoms with Crippen molar-refractivity contribution in [3.05, 3.63) is 24.2 Å². The Morgan fingerprint density at radius 3 is 3.00 bits per heavy atom. The number of hydrogen-bond donors (Lipinski definition) is 2. The molecule has 0 spiro atoms. The first-order chi connectivity index (χ1) is 8.34. The van der Waals surface area contributed by atoms with Crippen LogP contribution in [0.5, 0.6) is 0 Å². The fourth-order valence-electron chi connectivity index (χ4n) is 2.72. The van der Waals surface area contributed by atoms with Crippen LogP contribution in [0.1, 0.15) is 43.8 Å². The summed E-state index contributed by atoms with van der Waals surface area (Å²) >= 11 is 0. The number of H-pyrrole nitrogens is 1. The molecule has 0 saturated heterocycles. The van der Waals surface area contributed by atoms with Gasteiger partial charge in [0.15, 0.2) is 5.65 Å². The number of hydrogen-bond acceptors (Lipinski definition) is 3. The van der Waals surface area contributed by atoms with Gasteiger partial charge in [0.2, 0.25) is 0 Å². The van der Waals surface area contributed by atoms with Crippen LogP contribution in [0.25, 0.3) is 11.2 Å². The van der Waals surface area contributed by atoms with Crippen molar-refractivity contribution in [2.75, 3.05) is 0 Å². The summed E-state index contributed by atoms with van der Waals surface area (Å²) in [7, 11) is 0. The van der Waals surface area contributed by atoms with Crippen molar-refractivity contribution in [1.29, 1.82) is 0 Å². The minimum Gasteiger partial charge on any atom is -0.340 e. The highest BCUT2D eigenvalue weighted by Crippen LogP contribution is 2.30. The summed E-state index contributed by atoms with van der Waals surface area (Å²) in [5.74, 6) is 1.39. The average molecular weight is 230 g/mol. The van der Waals surface area contributed by atoms with Gasteiger partial charge >= 0.3 is 0 Å². The topological polar surface area (TPSA) is 67.6 Å². The van der Waals surface area contributed by atoms with Gasteiger partial charge in [-0.1, -0.05) is 19.3 Å². The first kappa shape index (κ1) is 10.7. The molecular weight excluding hydrogens is 212 g/mol. The lowest BCUT2D eigenvalue weighted by atomic mass is 9.95. The zero-order chi connectivity index (χ0) is 11.7. The molecule has 1 aliphatic rings. The molecule has 17 heavy (non-hydrogen) atoms. The molecule has 4 nitrogen and oxygen atoms in total. The van der Waals surface area contributed by atoms with Crippen LogP contribution in [0, 0.1) is 0 Å². The SMILES string of the molecule is NC1CCCCCC1c1nc2ncccc2[nH]1. The Morgan fingerprint density at radius 1 is 1.24 bits per heavy atom. The summed E-state index contributed by atoms with van der Waals surface area (Å²) < 4.78 is 0. The number of rotatable bonds is 1. The Bertz CT molecular complexity index is 472. The molecule has 0 aromatic carbocycles. The van der Waals surface area contributed by atoms with Gasteiger partial charge in [0.05, 0.1) is 5.52 Å². The number of aromatic amines is 1.